The largest absolute Gasteiger partial charge is 0.326 e. The van der Waals surface area contributed by atoms with Crippen LogP contribution in [0.4, 0.5) is 5.69 Å². The van der Waals surface area contributed by atoms with Crippen LogP contribution in [0, 0.1) is 0 Å². The monoisotopic (exact) mass is 457 g/mol. The summed E-state index contributed by atoms with van der Waals surface area (Å²) in [7, 11) is -4.01. The Morgan fingerprint density at radius 2 is 1.71 bits per heavy atom. The van der Waals surface area contributed by atoms with Gasteiger partial charge >= 0.3 is 0 Å². The quantitative estimate of drug-likeness (QED) is 0.506. The van der Waals surface area contributed by atoms with Gasteiger partial charge < -0.3 is 5.32 Å². The second-order valence-electron chi connectivity index (χ2n) is 5.65. The van der Waals surface area contributed by atoms with Crippen LogP contribution in [0.5, 0.6) is 0 Å². The van der Waals surface area contributed by atoms with Gasteiger partial charge in [0.25, 0.3) is 15.9 Å². The van der Waals surface area contributed by atoms with Gasteiger partial charge in [0.05, 0.1) is 9.92 Å². The lowest BCUT2D eigenvalue weighted by molar-refractivity contribution is -0.114. The maximum atomic E-state index is 12.4. The molecule has 0 fully saturated rings. The third-order valence-electron chi connectivity index (χ3n) is 3.58. The maximum absolute atomic E-state index is 12.4. The van der Waals surface area contributed by atoms with Gasteiger partial charge in [0.2, 0.25) is 5.91 Å². The van der Waals surface area contributed by atoms with Crippen molar-refractivity contribution in [1.29, 1.82) is 0 Å². The van der Waals surface area contributed by atoms with Crippen LogP contribution in [0.15, 0.2) is 47.4 Å². The number of carbonyl (C=O) groups excluding carboxylic acids is 2. The summed E-state index contributed by atoms with van der Waals surface area (Å²) in [5.41, 5.74) is 2.60. The van der Waals surface area contributed by atoms with Crippen molar-refractivity contribution in [3.63, 3.8) is 0 Å². The molecule has 3 aromatic rings. The Balaban J connectivity index is 1.74. The van der Waals surface area contributed by atoms with Gasteiger partial charge in [0.15, 0.2) is 0 Å². The van der Waals surface area contributed by atoms with Gasteiger partial charge in [0, 0.05) is 27.7 Å². The van der Waals surface area contributed by atoms with Crippen molar-refractivity contribution in [1.82, 2.24) is 10.3 Å². The Bertz CT molecular complexity index is 1180. The molecule has 2 aromatic carbocycles. The van der Waals surface area contributed by atoms with Crippen LogP contribution in [-0.2, 0) is 14.8 Å². The van der Waals surface area contributed by atoms with Crippen molar-refractivity contribution in [2.45, 2.75) is 11.8 Å². The van der Waals surface area contributed by atoms with Crippen LogP contribution in [0.25, 0.3) is 10.1 Å². The van der Waals surface area contributed by atoms with E-state index in [9.17, 15) is 18.0 Å². The molecule has 146 valence electrons. The Morgan fingerprint density at radius 3 is 2.36 bits per heavy atom. The Hall–Kier alpha value is -2.17. The molecule has 2 amide bonds. The molecule has 0 saturated carbocycles. The van der Waals surface area contributed by atoms with Crippen molar-refractivity contribution >= 4 is 72.1 Å². The third kappa shape index (κ3) is 4.45. The average molecular weight is 458 g/mol. The van der Waals surface area contributed by atoms with E-state index in [0.717, 1.165) is 16.0 Å². The lowest BCUT2D eigenvalue weighted by Gasteiger charge is -2.09. The van der Waals surface area contributed by atoms with Crippen molar-refractivity contribution in [2.24, 2.45) is 0 Å². The number of benzene rings is 2. The zero-order chi connectivity index (χ0) is 20.5. The number of hydrazine groups is 1. The lowest BCUT2D eigenvalue weighted by atomic mass is 10.2. The number of anilines is 1. The molecule has 7 nitrogen and oxygen atoms in total. The zero-order valence-electron chi connectivity index (χ0n) is 14.2. The number of hydrogen-bond acceptors (Lipinski definition) is 5. The van der Waals surface area contributed by atoms with E-state index < -0.39 is 15.9 Å². The van der Waals surface area contributed by atoms with Gasteiger partial charge in [0.1, 0.15) is 4.88 Å². The molecule has 28 heavy (non-hydrogen) atoms. The lowest BCUT2D eigenvalue weighted by Crippen LogP contribution is -2.41. The minimum absolute atomic E-state index is 0.0869. The smallest absolute Gasteiger partial charge is 0.277 e. The number of nitrogens with one attached hydrogen (secondary N) is 3. The summed E-state index contributed by atoms with van der Waals surface area (Å²) < 4.78 is 25.4. The Kier molecular flexibility index (Phi) is 5.92. The molecule has 1 heterocycles. The predicted octanol–water partition coefficient (Wildman–Crippen LogP) is 3.79. The molecule has 0 radical (unpaired) electrons. The molecule has 11 heteroatoms. The molecular formula is C17H13Cl2N3O4S2. The number of hydrogen-bond donors (Lipinski definition) is 3. The molecule has 3 rings (SSSR count). The van der Waals surface area contributed by atoms with Crippen molar-refractivity contribution in [2.75, 3.05) is 5.32 Å². The fourth-order valence-electron chi connectivity index (χ4n) is 2.34. The first kappa shape index (κ1) is 20.6. The summed E-state index contributed by atoms with van der Waals surface area (Å²) in [4.78, 5) is 25.5. The molecule has 0 aliphatic rings. The predicted molar refractivity (Wildman–Crippen MR) is 110 cm³/mol. The van der Waals surface area contributed by atoms with E-state index in [-0.39, 0.29) is 20.7 Å². The summed E-state index contributed by atoms with van der Waals surface area (Å²) in [6.45, 7) is 1.34. The number of halogens is 2. The number of sulfonamides is 1. The Labute approximate surface area is 174 Å². The number of amides is 2. The van der Waals surface area contributed by atoms with Gasteiger partial charge in [-0.2, -0.15) is 0 Å². The molecule has 0 unspecified atom stereocenters. The van der Waals surface area contributed by atoms with Crippen LogP contribution in [0.2, 0.25) is 10.0 Å². The van der Waals surface area contributed by atoms with Gasteiger partial charge in [-0.3, -0.25) is 15.0 Å². The molecular weight excluding hydrogens is 445 g/mol. The molecule has 0 spiro atoms. The molecule has 0 aliphatic carbocycles. The summed E-state index contributed by atoms with van der Waals surface area (Å²) in [5, 5.41) is 3.81. The van der Waals surface area contributed by atoms with Gasteiger partial charge in [-0.15, -0.1) is 16.2 Å². The van der Waals surface area contributed by atoms with E-state index >= 15 is 0 Å². The standard InChI is InChI=1S/C17H13Cl2N3O4S2/c1-9(23)20-11-3-5-12(6-4-11)28(25,26)22-21-17(24)16-15(19)13-8-10(18)2-7-14(13)27-16/h2-8,22H,1H3,(H,20,23)(H,21,24). The first-order valence-electron chi connectivity index (χ1n) is 7.75. The summed E-state index contributed by atoms with van der Waals surface area (Å²) in [5.74, 6) is -0.969. The van der Waals surface area contributed by atoms with E-state index in [1.54, 1.807) is 18.2 Å². The Morgan fingerprint density at radius 1 is 1.04 bits per heavy atom. The highest BCUT2D eigenvalue weighted by atomic mass is 35.5. The van der Waals surface area contributed by atoms with Gasteiger partial charge in [-0.1, -0.05) is 23.2 Å². The van der Waals surface area contributed by atoms with Crippen LogP contribution in [0.1, 0.15) is 16.6 Å². The first-order chi connectivity index (χ1) is 13.2. The van der Waals surface area contributed by atoms with E-state index in [2.05, 4.69) is 10.7 Å². The van der Waals surface area contributed by atoms with Crippen molar-refractivity contribution in [3.05, 3.63) is 57.4 Å². The molecule has 0 bridgehead atoms. The molecule has 3 N–H and O–H groups in total. The average Bonchev–Trinajstić information content (AvgIpc) is 2.96. The maximum Gasteiger partial charge on any atom is 0.277 e. The van der Waals surface area contributed by atoms with Crippen LogP contribution >= 0.6 is 34.5 Å². The highest BCUT2D eigenvalue weighted by molar-refractivity contribution is 7.89. The normalized spacial score (nSPS) is 11.4. The summed E-state index contributed by atoms with van der Waals surface area (Å²) in [6, 6.07) is 10.5. The fraction of sp³-hybridized carbons (Fsp3) is 0.0588. The van der Waals surface area contributed by atoms with E-state index in [1.807, 2.05) is 4.83 Å². The van der Waals surface area contributed by atoms with Gasteiger partial charge in [-0.05, 0) is 42.5 Å². The third-order valence-corrected chi connectivity index (χ3v) is 6.75. The minimum atomic E-state index is -4.01. The fourth-order valence-corrected chi connectivity index (χ4v) is 4.73. The topological polar surface area (TPSA) is 104 Å². The minimum Gasteiger partial charge on any atom is -0.326 e. The SMILES string of the molecule is CC(=O)Nc1ccc(S(=O)(=O)NNC(=O)c2sc3ccc(Cl)cc3c2Cl)cc1. The number of carbonyl (C=O) groups is 2. The van der Waals surface area contributed by atoms with Crippen LogP contribution in [0.3, 0.4) is 0 Å². The molecule has 0 aliphatic heterocycles. The molecule has 0 atom stereocenters. The van der Waals surface area contributed by atoms with Crippen molar-refractivity contribution < 1.29 is 18.0 Å². The second-order valence-corrected chi connectivity index (χ2v) is 9.20. The van der Waals surface area contributed by atoms with Crippen LogP contribution < -0.4 is 15.6 Å². The number of rotatable bonds is 5. The highest BCUT2D eigenvalue weighted by Gasteiger charge is 2.20. The van der Waals surface area contributed by atoms with Crippen LogP contribution in [-0.4, -0.2) is 20.2 Å². The van der Waals surface area contributed by atoms with Crippen molar-refractivity contribution in [3.8, 4) is 0 Å². The van der Waals surface area contributed by atoms with Gasteiger partial charge in [-0.25, -0.2) is 8.42 Å². The number of thiophene rings is 1. The highest BCUT2D eigenvalue weighted by Crippen LogP contribution is 2.36. The van der Waals surface area contributed by atoms with E-state index in [1.165, 1.54) is 31.2 Å². The summed E-state index contributed by atoms with van der Waals surface area (Å²) in [6.07, 6.45) is 0. The zero-order valence-corrected chi connectivity index (χ0v) is 17.4. The number of fused-ring (bicyclic) bond motifs is 1. The first-order valence-corrected chi connectivity index (χ1v) is 10.8. The van der Waals surface area contributed by atoms with E-state index in [4.69, 9.17) is 23.2 Å². The molecule has 0 saturated heterocycles. The second kappa shape index (κ2) is 8.06. The van der Waals surface area contributed by atoms with E-state index in [0.29, 0.717) is 16.1 Å². The summed E-state index contributed by atoms with van der Waals surface area (Å²) >= 11 is 13.3. The molecule has 1 aromatic heterocycles.